The monoisotopic (exact) mass is 421 g/mol. The Hall–Kier alpha value is -3.88. The zero-order valence-corrected chi connectivity index (χ0v) is 16.9. The Bertz CT molecular complexity index is 1030. The molecule has 9 N–H and O–H groups in total. The topological polar surface area (TPSA) is 196 Å². The first-order valence-corrected chi connectivity index (χ1v) is 9.87. The van der Waals surface area contributed by atoms with Gasteiger partial charge in [0.15, 0.2) is 5.69 Å². The summed E-state index contributed by atoms with van der Waals surface area (Å²) in [4.78, 5) is 20.5. The first-order chi connectivity index (χ1) is 15.0. The number of nitrogens with zero attached hydrogens (tertiary/aromatic N) is 4. The van der Waals surface area contributed by atoms with Gasteiger partial charge in [-0.1, -0.05) is 17.9 Å². The Morgan fingerprint density at radius 3 is 2.87 bits per heavy atom. The minimum atomic E-state index is -0.678. The van der Waals surface area contributed by atoms with E-state index in [1.165, 1.54) is 17.8 Å². The van der Waals surface area contributed by atoms with Gasteiger partial charge in [0.25, 0.3) is 5.91 Å². The van der Waals surface area contributed by atoms with Gasteiger partial charge in [-0.3, -0.25) is 4.79 Å². The second kappa shape index (κ2) is 10.2. The summed E-state index contributed by atoms with van der Waals surface area (Å²) in [6.45, 7) is 0. The van der Waals surface area contributed by atoms with Crippen LogP contribution in [0.5, 0.6) is 0 Å². The molecular weight excluding hydrogens is 396 g/mol. The van der Waals surface area contributed by atoms with Crippen molar-refractivity contribution in [2.45, 2.75) is 37.8 Å². The fourth-order valence-electron chi connectivity index (χ4n) is 3.40. The number of benzene rings is 1. The molecule has 1 fully saturated rings. The summed E-state index contributed by atoms with van der Waals surface area (Å²) < 4.78 is 0. The van der Waals surface area contributed by atoms with Gasteiger partial charge in [-0.05, 0) is 18.9 Å². The number of hydrogen-bond donors (Lipinski definition) is 6. The first kappa shape index (κ1) is 21.8. The number of nitrogens with two attached hydrogens (primary N) is 3. The summed E-state index contributed by atoms with van der Waals surface area (Å²) in [6.07, 6.45) is 7.77. The Morgan fingerprint density at radius 1 is 1.35 bits per heavy atom. The van der Waals surface area contributed by atoms with Crippen molar-refractivity contribution in [2.24, 2.45) is 16.6 Å². The lowest BCUT2D eigenvalue weighted by Crippen LogP contribution is -2.71. The highest BCUT2D eigenvalue weighted by atomic mass is 16.1. The van der Waals surface area contributed by atoms with Crippen LogP contribution in [0.2, 0.25) is 0 Å². The predicted molar refractivity (Wildman–Crippen MR) is 118 cm³/mol. The average Bonchev–Trinajstić information content (AvgIpc) is 2.75. The molecule has 1 aliphatic rings. The second-order valence-corrected chi connectivity index (χ2v) is 7.19. The number of aromatic nitrogens is 2. The molecule has 11 heteroatoms. The maximum atomic E-state index is 11.9. The highest BCUT2D eigenvalue weighted by Crippen LogP contribution is 2.24. The van der Waals surface area contributed by atoms with Gasteiger partial charge in [-0.2, -0.15) is 15.7 Å². The van der Waals surface area contributed by atoms with Crippen LogP contribution in [0.4, 0.5) is 23.1 Å². The molecule has 0 saturated heterocycles. The predicted octanol–water partition coefficient (Wildman–Crippen LogP) is 0.703. The number of amides is 1. The van der Waals surface area contributed by atoms with E-state index in [1.807, 2.05) is 0 Å². The number of carbonyl (C=O) groups is 1. The molecule has 0 spiro atoms. The fourth-order valence-corrected chi connectivity index (χ4v) is 3.40. The van der Waals surface area contributed by atoms with E-state index in [0.29, 0.717) is 22.9 Å². The van der Waals surface area contributed by atoms with Crippen LogP contribution in [-0.4, -0.2) is 40.4 Å². The summed E-state index contributed by atoms with van der Waals surface area (Å²) in [6, 6.07) is 7.15. The number of primary amides is 1. The average molecular weight is 421 g/mol. The molecule has 0 unspecified atom stereocenters. The van der Waals surface area contributed by atoms with Crippen molar-refractivity contribution in [1.29, 1.82) is 10.7 Å². The molecule has 1 aliphatic carbocycles. The molecule has 3 rings (SSSR count). The molecule has 1 aromatic carbocycles. The van der Waals surface area contributed by atoms with Gasteiger partial charge < -0.3 is 27.5 Å². The molecule has 1 heterocycles. The van der Waals surface area contributed by atoms with Gasteiger partial charge in [0.1, 0.15) is 17.6 Å². The minimum absolute atomic E-state index is 0.0107. The maximum absolute atomic E-state index is 11.9. The minimum Gasteiger partial charge on any atom is -0.365 e. The van der Waals surface area contributed by atoms with Crippen LogP contribution in [0.1, 0.15) is 41.6 Å². The first-order valence-electron chi connectivity index (χ1n) is 9.87. The maximum Gasteiger partial charge on any atom is 0.254 e. The SMILES string of the molecule is N#Cc1cc(Nc2nc(N[C@@H]3CCCC[C@@H]3N)ncc2C(N)=O)cc([NH2+]/N=C\C=N)c1. The summed E-state index contributed by atoms with van der Waals surface area (Å²) in [5, 5.41) is 26.6. The lowest BCUT2D eigenvalue weighted by atomic mass is 9.91. The van der Waals surface area contributed by atoms with Crippen LogP contribution in [0.25, 0.3) is 0 Å². The van der Waals surface area contributed by atoms with E-state index < -0.39 is 5.91 Å². The van der Waals surface area contributed by atoms with Crippen LogP contribution < -0.4 is 27.5 Å². The van der Waals surface area contributed by atoms with Crippen molar-refractivity contribution in [3.05, 3.63) is 35.5 Å². The van der Waals surface area contributed by atoms with E-state index >= 15 is 0 Å². The van der Waals surface area contributed by atoms with Gasteiger partial charge in [-0.25, -0.2) is 4.98 Å². The Morgan fingerprint density at radius 2 is 2.16 bits per heavy atom. The van der Waals surface area contributed by atoms with E-state index in [2.05, 4.69) is 31.8 Å². The smallest absolute Gasteiger partial charge is 0.254 e. The van der Waals surface area contributed by atoms with Gasteiger partial charge in [0.05, 0.1) is 11.6 Å². The fraction of sp³-hybridized carbons (Fsp3) is 0.300. The van der Waals surface area contributed by atoms with Gasteiger partial charge >= 0.3 is 0 Å². The molecule has 1 aromatic heterocycles. The highest BCUT2D eigenvalue weighted by molar-refractivity contribution is 6.14. The third-order valence-corrected chi connectivity index (χ3v) is 4.92. The normalized spacial score (nSPS) is 18.3. The van der Waals surface area contributed by atoms with Gasteiger partial charge in [0, 0.05) is 42.3 Å². The zero-order chi connectivity index (χ0) is 22.2. The molecule has 11 nitrogen and oxygen atoms in total. The molecule has 1 amide bonds. The summed E-state index contributed by atoms with van der Waals surface area (Å²) >= 11 is 0. The number of nitrogens with one attached hydrogen (secondary N) is 3. The molecule has 2 atom stereocenters. The summed E-state index contributed by atoms with van der Waals surface area (Å²) in [7, 11) is 0. The third-order valence-electron chi connectivity index (χ3n) is 4.92. The van der Waals surface area contributed by atoms with Crippen molar-refractivity contribution in [3.8, 4) is 6.07 Å². The van der Waals surface area contributed by atoms with Crippen molar-refractivity contribution < 1.29 is 10.2 Å². The Kier molecular flexibility index (Phi) is 7.21. The van der Waals surface area contributed by atoms with Crippen molar-refractivity contribution in [2.75, 3.05) is 10.6 Å². The van der Waals surface area contributed by atoms with Crippen LogP contribution >= 0.6 is 0 Å². The number of quaternary nitrogens is 1. The quantitative estimate of drug-likeness (QED) is 0.156. The van der Waals surface area contributed by atoms with E-state index in [0.717, 1.165) is 31.9 Å². The standard InChI is InChI=1S/C20H24N10O/c21-5-6-26-30-14-8-12(10-22)7-13(9-14)27-19-15(18(24)31)11-25-20(29-19)28-17-4-2-1-3-16(17)23/h5-9,11,16-17,21,30H,1-4,23H2,(H2,24,31)(H2,25,27,28,29)/p+1/b21-5?,26-6-/t16-,17+/m0/s1. The molecule has 2 aromatic rings. The third kappa shape index (κ3) is 5.81. The van der Waals surface area contributed by atoms with Crippen LogP contribution in [0.15, 0.2) is 29.5 Å². The molecule has 31 heavy (non-hydrogen) atoms. The van der Waals surface area contributed by atoms with Gasteiger partial charge in [0.2, 0.25) is 5.95 Å². The van der Waals surface area contributed by atoms with Gasteiger partial charge in [-0.15, -0.1) is 0 Å². The van der Waals surface area contributed by atoms with Crippen molar-refractivity contribution in [1.82, 2.24) is 9.97 Å². The number of hydrogen-bond acceptors (Lipinski definition) is 9. The summed E-state index contributed by atoms with van der Waals surface area (Å²) in [5.41, 5.74) is 14.9. The molecule has 0 radical (unpaired) electrons. The Balaban J connectivity index is 1.89. The van der Waals surface area contributed by atoms with Crippen LogP contribution in [0, 0.1) is 16.7 Å². The van der Waals surface area contributed by atoms with E-state index in [9.17, 15) is 10.1 Å². The summed E-state index contributed by atoms with van der Waals surface area (Å²) in [5.74, 6) is -0.116. The van der Waals surface area contributed by atoms with Crippen LogP contribution in [0.3, 0.4) is 0 Å². The lowest BCUT2D eigenvalue weighted by molar-refractivity contribution is -0.576. The Labute approximate surface area is 179 Å². The van der Waals surface area contributed by atoms with Crippen LogP contribution in [-0.2, 0) is 0 Å². The highest BCUT2D eigenvalue weighted by Gasteiger charge is 2.23. The zero-order valence-electron chi connectivity index (χ0n) is 16.9. The number of anilines is 3. The molecular formula is C20H25N10O+. The van der Waals surface area contributed by atoms with E-state index in [4.69, 9.17) is 16.9 Å². The molecule has 0 aliphatic heterocycles. The van der Waals surface area contributed by atoms with E-state index in [1.54, 1.807) is 18.2 Å². The second-order valence-electron chi connectivity index (χ2n) is 7.19. The molecule has 0 bridgehead atoms. The largest absolute Gasteiger partial charge is 0.365 e. The number of carbonyl (C=O) groups excluding carboxylic acids is 1. The van der Waals surface area contributed by atoms with Crippen molar-refractivity contribution in [3.63, 3.8) is 0 Å². The van der Waals surface area contributed by atoms with E-state index in [-0.39, 0.29) is 23.5 Å². The number of rotatable bonds is 8. The molecule has 1 saturated carbocycles. The lowest BCUT2D eigenvalue weighted by Gasteiger charge is -2.29. The van der Waals surface area contributed by atoms with Crippen molar-refractivity contribution >= 4 is 41.5 Å². The number of nitriles is 1. The molecule has 160 valence electrons.